The van der Waals surface area contributed by atoms with Crippen LogP contribution in [0.4, 0.5) is 5.69 Å². The van der Waals surface area contributed by atoms with Gasteiger partial charge in [0.1, 0.15) is 0 Å². The molecule has 2 rings (SSSR count). The fourth-order valence-electron chi connectivity index (χ4n) is 2.81. The van der Waals surface area contributed by atoms with Gasteiger partial charge in [0.2, 0.25) is 5.91 Å². The molecule has 1 aromatic carbocycles. The number of carboxylic acid groups (broad SMARTS) is 1. The van der Waals surface area contributed by atoms with E-state index in [0.717, 1.165) is 0 Å². The summed E-state index contributed by atoms with van der Waals surface area (Å²) in [6.07, 6.45) is 2.37. The van der Waals surface area contributed by atoms with Crippen molar-refractivity contribution < 1.29 is 19.5 Å². The Balaban J connectivity index is 2.01. The second-order valence-corrected chi connectivity index (χ2v) is 7.11. The third-order valence-corrected chi connectivity index (χ3v) is 4.74. The van der Waals surface area contributed by atoms with Crippen LogP contribution in [0, 0.1) is 11.8 Å². The van der Waals surface area contributed by atoms with Crippen molar-refractivity contribution in [1.82, 2.24) is 5.32 Å². The Kier molecular flexibility index (Phi) is 6.42. The molecule has 0 radical (unpaired) electrons. The van der Waals surface area contributed by atoms with Crippen LogP contribution in [0.1, 0.15) is 49.9 Å². The summed E-state index contributed by atoms with van der Waals surface area (Å²) >= 11 is 6.12. The predicted molar refractivity (Wildman–Crippen MR) is 95.8 cm³/mol. The van der Waals surface area contributed by atoms with Gasteiger partial charge in [-0.1, -0.05) is 25.4 Å². The van der Waals surface area contributed by atoms with Gasteiger partial charge in [0, 0.05) is 17.6 Å². The summed E-state index contributed by atoms with van der Waals surface area (Å²) in [6.45, 7) is 3.57. The van der Waals surface area contributed by atoms with E-state index in [1.165, 1.54) is 0 Å². The average Bonchev–Trinajstić information content (AvgIpc) is 2.56. The highest BCUT2D eigenvalue weighted by molar-refractivity contribution is 6.34. The topological polar surface area (TPSA) is 95.5 Å². The summed E-state index contributed by atoms with van der Waals surface area (Å²) in [6, 6.07) is 4.72. The molecule has 0 spiro atoms. The molecule has 7 heteroatoms. The van der Waals surface area contributed by atoms with Gasteiger partial charge in [0.25, 0.3) is 5.91 Å². The monoisotopic (exact) mass is 366 g/mol. The van der Waals surface area contributed by atoms with Crippen molar-refractivity contribution >= 4 is 35.1 Å². The highest BCUT2D eigenvalue weighted by atomic mass is 35.5. The molecule has 0 unspecified atom stereocenters. The zero-order valence-corrected chi connectivity index (χ0v) is 15.1. The summed E-state index contributed by atoms with van der Waals surface area (Å²) in [5.41, 5.74) is 0.811. The molecule has 2 amide bonds. The van der Waals surface area contributed by atoms with E-state index in [1.54, 1.807) is 32.0 Å². The van der Waals surface area contributed by atoms with Gasteiger partial charge in [0.15, 0.2) is 0 Å². The standard InChI is InChI=1S/C18H23ClN2O4/c1-10(2)16(22)21-13-7-8-15(19)14(9-13)17(23)20-12-5-3-11(4-6-12)18(24)25/h7-12H,3-6H2,1-2H3,(H,20,23)(H,21,22)(H,24,25). The van der Waals surface area contributed by atoms with Crippen LogP contribution in [0.2, 0.25) is 5.02 Å². The van der Waals surface area contributed by atoms with Crippen molar-refractivity contribution in [2.24, 2.45) is 11.8 Å². The van der Waals surface area contributed by atoms with E-state index in [4.69, 9.17) is 16.7 Å². The molecule has 0 saturated heterocycles. The van der Waals surface area contributed by atoms with Crippen LogP contribution in [0.3, 0.4) is 0 Å². The number of benzene rings is 1. The molecule has 6 nitrogen and oxygen atoms in total. The molecule has 1 aliphatic rings. The molecule has 25 heavy (non-hydrogen) atoms. The molecule has 1 aliphatic carbocycles. The summed E-state index contributed by atoms with van der Waals surface area (Å²) in [5.74, 6) is -1.73. The minimum absolute atomic E-state index is 0.0620. The number of carboxylic acids is 1. The normalized spacial score (nSPS) is 20.2. The number of carbonyl (C=O) groups excluding carboxylic acids is 2. The number of halogens is 1. The zero-order chi connectivity index (χ0) is 18.6. The Hall–Kier alpha value is -2.08. The second-order valence-electron chi connectivity index (χ2n) is 6.70. The first kappa shape index (κ1) is 19.2. The van der Waals surface area contributed by atoms with Gasteiger partial charge in [-0.2, -0.15) is 0 Å². The van der Waals surface area contributed by atoms with E-state index in [-0.39, 0.29) is 29.7 Å². The lowest BCUT2D eigenvalue weighted by atomic mass is 9.86. The summed E-state index contributed by atoms with van der Waals surface area (Å²) in [4.78, 5) is 35.3. The lowest BCUT2D eigenvalue weighted by Crippen LogP contribution is -2.38. The predicted octanol–water partition coefficient (Wildman–Crippen LogP) is 3.31. The van der Waals surface area contributed by atoms with Crippen molar-refractivity contribution in [3.8, 4) is 0 Å². The van der Waals surface area contributed by atoms with Gasteiger partial charge in [-0.05, 0) is 43.9 Å². The molecule has 1 fully saturated rings. The van der Waals surface area contributed by atoms with Crippen LogP contribution in [0.15, 0.2) is 18.2 Å². The number of amides is 2. The van der Waals surface area contributed by atoms with Gasteiger partial charge in [0.05, 0.1) is 16.5 Å². The van der Waals surface area contributed by atoms with Crippen molar-refractivity contribution in [3.63, 3.8) is 0 Å². The van der Waals surface area contributed by atoms with E-state index in [1.807, 2.05) is 0 Å². The van der Waals surface area contributed by atoms with Crippen LogP contribution in [-0.4, -0.2) is 28.9 Å². The smallest absolute Gasteiger partial charge is 0.306 e. The summed E-state index contributed by atoms with van der Waals surface area (Å²) in [7, 11) is 0. The first-order valence-electron chi connectivity index (χ1n) is 8.42. The lowest BCUT2D eigenvalue weighted by molar-refractivity contribution is -0.142. The maximum absolute atomic E-state index is 12.5. The maximum atomic E-state index is 12.5. The van der Waals surface area contributed by atoms with Crippen LogP contribution in [0.5, 0.6) is 0 Å². The Morgan fingerprint density at radius 2 is 1.80 bits per heavy atom. The SMILES string of the molecule is CC(C)C(=O)Nc1ccc(Cl)c(C(=O)NC2CCC(C(=O)O)CC2)c1. The number of hydrogen-bond donors (Lipinski definition) is 3. The molecule has 3 N–H and O–H groups in total. The van der Waals surface area contributed by atoms with Gasteiger partial charge < -0.3 is 15.7 Å². The van der Waals surface area contributed by atoms with Crippen LogP contribution in [0.25, 0.3) is 0 Å². The minimum Gasteiger partial charge on any atom is -0.481 e. The van der Waals surface area contributed by atoms with Crippen molar-refractivity contribution in [2.75, 3.05) is 5.32 Å². The van der Waals surface area contributed by atoms with E-state index in [9.17, 15) is 14.4 Å². The average molecular weight is 367 g/mol. The Bertz CT molecular complexity index is 667. The first-order chi connectivity index (χ1) is 11.8. The molecule has 0 heterocycles. The number of aliphatic carboxylic acids is 1. The van der Waals surface area contributed by atoms with Crippen LogP contribution < -0.4 is 10.6 Å². The van der Waals surface area contributed by atoms with Crippen molar-refractivity contribution in [2.45, 2.75) is 45.6 Å². The Morgan fingerprint density at radius 3 is 2.36 bits per heavy atom. The maximum Gasteiger partial charge on any atom is 0.306 e. The summed E-state index contributed by atoms with van der Waals surface area (Å²) < 4.78 is 0. The quantitative estimate of drug-likeness (QED) is 0.744. The van der Waals surface area contributed by atoms with Crippen molar-refractivity contribution in [1.29, 1.82) is 0 Å². The third-order valence-electron chi connectivity index (χ3n) is 4.41. The van der Waals surface area contributed by atoms with Gasteiger partial charge in [-0.15, -0.1) is 0 Å². The largest absolute Gasteiger partial charge is 0.481 e. The molecular formula is C18H23ClN2O4. The highest BCUT2D eigenvalue weighted by Gasteiger charge is 2.27. The zero-order valence-electron chi connectivity index (χ0n) is 14.3. The Labute approximate surface area is 151 Å². The second kappa shape index (κ2) is 8.34. The fraction of sp³-hybridized carbons (Fsp3) is 0.500. The van der Waals surface area contributed by atoms with Crippen LogP contribution in [-0.2, 0) is 9.59 Å². The molecule has 0 bridgehead atoms. The fourth-order valence-corrected chi connectivity index (χ4v) is 3.01. The molecule has 1 saturated carbocycles. The number of carbonyl (C=O) groups is 3. The molecule has 0 aromatic heterocycles. The lowest BCUT2D eigenvalue weighted by Gasteiger charge is -2.27. The first-order valence-corrected chi connectivity index (χ1v) is 8.79. The molecule has 1 aromatic rings. The van der Waals surface area contributed by atoms with Gasteiger partial charge >= 0.3 is 5.97 Å². The molecule has 136 valence electrons. The van der Waals surface area contributed by atoms with Gasteiger partial charge in [-0.25, -0.2) is 0 Å². The molecule has 0 atom stereocenters. The molecular weight excluding hydrogens is 344 g/mol. The minimum atomic E-state index is -0.776. The van der Waals surface area contributed by atoms with E-state index >= 15 is 0 Å². The van der Waals surface area contributed by atoms with E-state index < -0.39 is 5.97 Å². The molecule has 0 aliphatic heterocycles. The number of nitrogens with one attached hydrogen (secondary N) is 2. The number of rotatable bonds is 5. The third kappa shape index (κ3) is 5.19. The van der Waals surface area contributed by atoms with Crippen LogP contribution >= 0.6 is 11.6 Å². The summed E-state index contributed by atoms with van der Waals surface area (Å²) in [5, 5.41) is 15.0. The van der Waals surface area contributed by atoms with E-state index in [0.29, 0.717) is 42.0 Å². The number of anilines is 1. The van der Waals surface area contributed by atoms with E-state index in [2.05, 4.69) is 10.6 Å². The Morgan fingerprint density at radius 1 is 1.16 bits per heavy atom. The number of hydrogen-bond acceptors (Lipinski definition) is 3. The van der Waals surface area contributed by atoms with Gasteiger partial charge in [-0.3, -0.25) is 14.4 Å². The highest BCUT2D eigenvalue weighted by Crippen LogP contribution is 2.26. The van der Waals surface area contributed by atoms with Crippen molar-refractivity contribution in [3.05, 3.63) is 28.8 Å².